The van der Waals surface area contributed by atoms with Gasteiger partial charge in [0.25, 0.3) is 0 Å². The molecule has 1 spiro atoms. The summed E-state index contributed by atoms with van der Waals surface area (Å²) >= 11 is 3.42. The fourth-order valence-electron chi connectivity index (χ4n) is 3.40. The van der Waals surface area contributed by atoms with E-state index < -0.39 is 0 Å². The van der Waals surface area contributed by atoms with Crippen molar-refractivity contribution in [2.45, 2.75) is 25.7 Å². The summed E-state index contributed by atoms with van der Waals surface area (Å²) in [5.74, 6) is 0.280. The number of rotatable bonds is 2. The van der Waals surface area contributed by atoms with Gasteiger partial charge in [0.2, 0.25) is 5.91 Å². The second-order valence-corrected chi connectivity index (χ2v) is 7.03. The Morgan fingerprint density at radius 2 is 1.90 bits per heavy atom. The van der Waals surface area contributed by atoms with Crippen LogP contribution in [0, 0.1) is 5.41 Å². The molecule has 0 saturated carbocycles. The molecule has 2 saturated heterocycles. The summed E-state index contributed by atoms with van der Waals surface area (Å²) in [7, 11) is 0. The Kier molecular flexibility index (Phi) is 4.13. The number of hydrogen-bond acceptors (Lipinski definition) is 2. The number of nitrogens with one attached hydrogen (secondary N) is 1. The lowest BCUT2D eigenvalue weighted by Gasteiger charge is -2.33. The number of likely N-dealkylation sites (tertiary alicyclic amines) is 1. The molecule has 0 unspecified atom stereocenters. The van der Waals surface area contributed by atoms with Crippen LogP contribution in [0.1, 0.15) is 24.8 Å². The van der Waals surface area contributed by atoms with Gasteiger partial charge >= 0.3 is 0 Å². The van der Waals surface area contributed by atoms with Crippen LogP contribution in [0.25, 0.3) is 0 Å². The fraction of sp³-hybridized carbons (Fsp3) is 0.562. The molecule has 2 aliphatic heterocycles. The SMILES string of the molecule is O=C(Cc1ccc(Br)cc1)N1CCC2(CCNCC2)C1. The first kappa shape index (κ1) is 14.1. The Balaban J connectivity index is 1.59. The smallest absolute Gasteiger partial charge is 0.227 e. The van der Waals surface area contributed by atoms with Crippen LogP contribution < -0.4 is 5.32 Å². The van der Waals surface area contributed by atoms with Crippen molar-refractivity contribution in [2.24, 2.45) is 5.41 Å². The number of benzene rings is 1. The van der Waals surface area contributed by atoms with E-state index in [1.807, 2.05) is 24.3 Å². The van der Waals surface area contributed by atoms with Gasteiger partial charge in [-0.05, 0) is 55.5 Å². The van der Waals surface area contributed by atoms with E-state index in [2.05, 4.69) is 26.1 Å². The topological polar surface area (TPSA) is 32.3 Å². The molecule has 3 rings (SSSR count). The average molecular weight is 337 g/mol. The first-order valence-electron chi connectivity index (χ1n) is 7.40. The minimum atomic E-state index is 0.280. The van der Waals surface area contributed by atoms with Crippen molar-refractivity contribution in [1.82, 2.24) is 10.2 Å². The Morgan fingerprint density at radius 1 is 1.20 bits per heavy atom. The summed E-state index contributed by atoms with van der Waals surface area (Å²) in [4.78, 5) is 14.5. The maximum absolute atomic E-state index is 12.4. The number of hydrogen-bond donors (Lipinski definition) is 1. The molecule has 20 heavy (non-hydrogen) atoms. The van der Waals surface area contributed by atoms with Crippen LogP contribution >= 0.6 is 15.9 Å². The zero-order chi connectivity index (χ0) is 14.0. The van der Waals surface area contributed by atoms with E-state index >= 15 is 0 Å². The molecule has 0 atom stereocenters. The highest BCUT2D eigenvalue weighted by Gasteiger charge is 2.40. The lowest BCUT2D eigenvalue weighted by Crippen LogP contribution is -2.40. The largest absolute Gasteiger partial charge is 0.342 e. The normalized spacial score (nSPS) is 21.4. The van der Waals surface area contributed by atoms with E-state index in [1.54, 1.807) is 0 Å². The van der Waals surface area contributed by atoms with Crippen molar-refractivity contribution in [3.8, 4) is 0 Å². The third kappa shape index (κ3) is 3.07. The second kappa shape index (κ2) is 5.86. The minimum Gasteiger partial charge on any atom is -0.342 e. The Hall–Kier alpha value is -0.870. The van der Waals surface area contributed by atoms with E-state index in [0.717, 1.165) is 36.2 Å². The van der Waals surface area contributed by atoms with Crippen molar-refractivity contribution < 1.29 is 4.79 Å². The monoisotopic (exact) mass is 336 g/mol. The standard InChI is InChI=1S/C16H21BrN2O/c17-14-3-1-13(2-4-14)11-15(20)19-10-7-16(12-19)5-8-18-9-6-16/h1-4,18H,5-12H2. The maximum Gasteiger partial charge on any atom is 0.227 e. The van der Waals surface area contributed by atoms with E-state index in [1.165, 1.54) is 19.3 Å². The van der Waals surface area contributed by atoms with Gasteiger partial charge in [-0.1, -0.05) is 28.1 Å². The predicted octanol–water partition coefficient (Wildman–Crippen LogP) is 2.59. The first-order chi connectivity index (χ1) is 9.67. The first-order valence-corrected chi connectivity index (χ1v) is 8.19. The van der Waals surface area contributed by atoms with Gasteiger partial charge in [-0.3, -0.25) is 4.79 Å². The number of nitrogens with zero attached hydrogens (tertiary/aromatic N) is 1. The van der Waals surface area contributed by atoms with Gasteiger partial charge < -0.3 is 10.2 Å². The molecule has 1 N–H and O–H groups in total. The third-order valence-electron chi connectivity index (χ3n) is 4.72. The fourth-order valence-corrected chi connectivity index (χ4v) is 3.67. The van der Waals surface area contributed by atoms with Crippen molar-refractivity contribution in [1.29, 1.82) is 0 Å². The molecule has 2 fully saturated rings. The van der Waals surface area contributed by atoms with Gasteiger partial charge in [-0.15, -0.1) is 0 Å². The van der Waals surface area contributed by atoms with Gasteiger partial charge in [-0.25, -0.2) is 0 Å². The molecule has 0 radical (unpaired) electrons. The molecule has 2 aliphatic rings. The highest BCUT2D eigenvalue weighted by Crippen LogP contribution is 2.38. The summed E-state index contributed by atoms with van der Waals surface area (Å²) < 4.78 is 1.06. The van der Waals surface area contributed by atoms with Crippen LogP contribution in [0.3, 0.4) is 0 Å². The number of amides is 1. The molecule has 0 bridgehead atoms. The minimum absolute atomic E-state index is 0.280. The van der Waals surface area contributed by atoms with Gasteiger partial charge in [0.1, 0.15) is 0 Å². The second-order valence-electron chi connectivity index (χ2n) is 6.12. The quantitative estimate of drug-likeness (QED) is 0.900. The summed E-state index contributed by atoms with van der Waals surface area (Å²) in [6.45, 7) is 4.11. The summed E-state index contributed by atoms with van der Waals surface area (Å²) in [5, 5.41) is 3.42. The van der Waals surface area contributed by atoms with Crippen molar-refractivity contribution in [2.75, 3.05) is 26.2 Å². The molecule has 4 heteroatoms. The zero-order valence-electron chi connectivity index (χ0n) is 11.7. The Bertz CT molecular complexity index is 480. The lowest BCUT2D eigenvalue weighted by molar-refractivity contribution is -0.129. The molecule has 3 nitrogen and oxygen atoms in total. The van der Waals surface area contributed by atoms with E-state index in [-0.39, 0.29) is 5.91 Å². The van der Waals surface area contributed by atoms with Gasteiger partial charge in [0.05, 0.1) is 6.42 Å². The van der Waals surface area contributed by atoms with Crippen molar-refractivity contribution >= 4 is 21.8 Å². The average Bonchev–Trinajstić information content (AvgIpc) is 2.86. The predicted molar refractivity (Wildman–Crippen MR) is 83.6 cm³/mol. The number of piperidine rings is 1. The highest BCUT2D eigenvalue weighted by atomic mass is 79.9. The zero-order valence-corrected chi connectivity index (χ0v) is 13.3. The number of carbonyl (C=O) groups is 1. The van der Waals surface area contributed by atoms with Crippen LogP contribution in [0.5, 0.6) is 0 Å². The molecule has 1 amide bonds. The van der Waals surface area contributed by atoms with Crippen LogP contribution in [-0.4, -0.2) is 37.0 Å². The van der Waals surface area contributed by atoms with E-state index in [4.69, 9.17) is 0 Å². The maximum atomic E-state index is 12.4. The lowest BCUT2D eigenvalue weighted by atomic mass is 9.78. The molecular formula is C16H21BrN2O. The van der Waals surface area contributed by atoms with Crippen LogP contribution in [0.4, 0.5) is 0 Å². The number of carbonyl (C=O) groups excluding carboxylic acids is 1. The molecule has 1 aromatic carbocycles. The molecule has 2 heterocycles. The number of halogens is 1. The summed E-state index contributed by atoms with van der Waals surface area (Å²) in [6.07, 6.45) is 4.15. The van der Waals surface area contributed by atoms with Crippen LogP contribution in [-0.2, 0) is 11.2 Å². The van der Waals surface area contributed by atoms with E-state index in [0.29, 0.717) is 11.8 Å². The molecule has 0 aromatic heterocycles. The molecule has 1 aromatic rings. The van der Waals surface area contributed by atoms with E-state index in [9.17, 15) is 4.79 Å². The highest BCUT2D eigenvalue weighted by molar-refractivity contribution is 9.10. The Labute approximate surface area is 128 Å². The summed E-state index contributed by atoms with van der Waals surface area (Å²) in [5.41, 5.74) is 1.50. The van der Waals surface area contributed by atoms with Crippen LogP contribution in [0.15, 0.2) is 28.7 Å². The molecule has 108 valence electrons. The Morgan fingerprint density at radius 3 is 2.60 bits per heavy atom. The third-order valence-corrected chi connectivity index (χ3v) is 5.25. The molecule has 0 aliphatic carbocycles. The van der Waals surface area contributed by atoms with Crippen LogP contribution in [0.2, 0.25) is 0 Å². The van der Waals surface area contributed by atoms with Crippen molar-refractivity contribution in [3.63, 3.8) is 0 Å². The summed E-state index contributed by atoms with van der Waals surface area (Å²) in [6, 6.07) is 8.05. The van der Waals surface area contributed by atoms with Gasteiger partial charge in [0, 0.05) is 17.6 Å². The van der Waals surface area contributed by atoms with Crippen molar-refractivity contribution in [3.05, 3.63) is 34.3 Å². The van der Waals surface area contributed by atoms with Gasteiger partial charge in [0.15, 0.2) is 0 Å². The van der Waals surface area contributed by atoms with Gasteiger partial charge in [-0.2, -0.15) is 0 Å². The molecular weight excluding hydrogens is 316 g/mol.